The van der Waals surface area contributed by atoms with Crippen molar-refractivity contribution in [2.75, 3.05) is 7.11 Å². The Bertz CT molecular complexity index is 436. The third-order valence-electron chi connectivity index (χ3n) is 2.59. The lowest BCUT2D eigenvalue weighted by Crippen LogP contribution is -2.33. The number of allylic oxidation sites excluding steroid dienone is 2. The zero-order chi connectivity index (χ0) is 13.6. The van der Waals surface area contributed by atoms with Crippen LogP contribution in [-0.2, 0) is 0 Å². The van der Waals surface area contributed by atoms with Crippen LogP contribution in [0.25, 0.3) is 6.08 Å². The van der Waals surface area contributed by atoms with E-state index < -0.39 is 8.32 Å². The Balaban J connectivity index is 3.04. The van der Waals surface area contributed by atoms with Gasteiger partial charge in [0.05, 0.1) is 7.11 Å². The first-order valence-corrected chi connectivity index (χ1v) is 9.24. The summed E-state index contributed by atoms with van der Waals surface area (Å²) in [6.07, 6.45) is 5.98. The number of benzene rings is 1. The minimum Gasteiger partial charge on any atom is -0.543 e. The zero-order valence-electron chi connectivity index (χ0n) is 11.7. The van der Waals surface area contributed by atoms with Gasteiger partial charge in [-0.2, -0.15) is 0 Å². The third kappa shape index (κ3) is 4.07. The van der Waals surface area contributed by atoms with Crippen LogP contribution in [-0.4, -0.2) is 15.4 Å². The summed E-state index contributed by atoms with van der Waals surface area (Å²) >= 11 is 0. The van der Waals surface area contributed by atoms with E-state index >= 15 is 0 Å². The van der Waals surface area contributed by atoms with E-state index in [0.717, 1.165) is 23.1 Å². The van der Waals surface area contributed by atoms with Gasteiger partial charge in [-0.15, -0.1) is 6.58 Å². The molecular formula is C15H22O2Si. The van der Waals surface area contributed by atoms with Crippen LogP contribution in [0.15, 0.2) is 36.9 Å². The highest BCUT2D eigenvalue weighted by atomic mass is 28.4. The fraction of sp³-hybridized carbons (Fsp3) is 0.333. The van der Waals surface area contributed by atoms with Gasteiger partial charge in [0.2, 0.25) is 8.32 Å². The van der Waals surface area contributed by atoms with E-state index in [9.17, 15) is 0 Å². The van der Waals surface area contributed by atoms with Crippen LogP contribution in [0.1, 0.15) is 12.5 Å². The Kier molecular flexibility index (Phi) is 5.22. The number of hydrogen-bond acceptors (Lipinski definition) is 2. The third-order valence-corrected chi connectivity index (χ3v) is 4.63. The fourth-order valence-corrected chi connectivity index (χ4v) is 3.30. The quantitative estimate of drug-likeness (QED) is 0.555. The smallest absolute Gasteiger partial charge is 0.248 e. The van der Waals surface area contributed by atoms with E-state index in [1.54, 1.807) is 7.11 Å². The lowest BCUT2D eigenvalue weighted by molar-refractivity contribution is 0.413. The average Bonchev–Trinajstić information content (AvgIpc) is 2.31. The SMILES string of the molecule is C=CC[Si](C)(C)Oc1ccc(OC)cc1C=CC. The van der Waals surface area contributed by atoms with Gasteiger partial charge in [0, 0.05) is 5.56 Å². The Hall–Kier alpha value is -1.48. The van der Waals surface area contributed by atoms with Crippen molar-refractivity contribution in [3.05, 3.63) is 42.5 Å². The van der Waals surface area contributed by atoms with Crippen LogP contribution >= 0.6 is 0 Å². The highest BCUT2D eigenvalue weighted by molar-refractivity contribution is 6.72. The molecule has 0 unspecified atom stereocenters. The Morgan fingerprint density at radius 1 is 1.33 bits per heavy atom. The molecule has 98 valence electrons. The molecule has 0 atom stereocenters. The van der Waals surface area contributed by atoms with Crippen LogP contribution in [0.4, 0.5) is 0 Å². The maximum absolute atomic E-state index is 6.19. The van der Waals surface area contributed by atoms with E-state index in [1.807, 2.05) is 43.4 Å². The molecule has 18 heavy (non-hydrogen) atoms. The van der Waals surface area contributed by atoms with E-state index in [-0.39, 0.29) is 0 Å². The molecule has 1 aromatic carbocycles. The molecule has 0 N–H and O–H groups in total. The van der Waals surface area contributed by atoms with Crippen LogP contribution in [0.2, 0.25) is 19.1 Å². The van der Waals surface area contributed by atoms with Crippen molar-refractivity contribution < 1.29 is 9.16 Å². The number of hydrogen-bond donors (Lipinski definition) is 0. The Labute approximate surface area is 111 Å². The molecule has 0 aliphatic rings. The second kappa shape index (κ2) is 6.45. The molecule has 0 amide bonds. The molecule has 0 aliphatic heterocycles. The summed E-state index contributed by atoms with van der Waals surface area (Å²) in [5.74, 6) is 1.77. The van der Waals surface area contributed by atoms with Gasteiger partial charge in [0.1, 0.15) is 11.5 Å². The summed E-state index contributed by atoms with van der Waals surface area (Å²) < 4.78 is 11.4. The number of methoxy groups -OCH3 is 1. The normalized spacial score (nSPS) is 11.6. The van der Waals surface area contributed by atoms with Crippen molar-refractivity contribution in [1.82, 2.24) is 0 Å². The molecule has 3 heteroatoms. The minimum absolute atomic E-state index is 0.846. The Morgan fingerprint density at radius 3 is 2.61 bits per heavy atom. The molecule has 1 rings (SSSR count). The van der Waals surface area contributed by atoms with Gasteiger partial charge in [-0.25, -0.2) is 0 Å². The maximum Gasteiger partial charge on any atom is 0.248 e. The van der Waals surface area contributed by atoms with Gasteiger partial charge in [-0.3, -0.25) is 0 Å². The number of rotatable bonds is 6. The molecule has 1 aromatic rings. The van der Waals surface area contributed by atoms with E-state index in [2.05, 4.69) is 19.7 Å². The Morgan fingerprint density at radius 2 is 2.06 bits per heavy atom. The van der Waals surface area contributed by atoms with Crippen molar-refractivity contribution >= 4 is 14.4 Å². The van der Waals surface area contributed by atoms with Gasteiger partial charge in [-0.1, -0.05) is 18.2 Å². The van der Waals surface area contributed by atoms with Crippen molar-refractivity contribution in [1.29, 1.82) is 0 Å². The monoisotopic (exact) mass is 262 g/mol. The summed E-state index contributed by atoms with van der Waals surface area (Å²) in [7, 11) is -0.0526. The van der Waals surface area contributed by atoms with E-state index in [0.29, 0.717) is 0 Å². The summed E-state index contributed by atoms with van der Waals surface area (Å²) in [6, 6.07) is 6.84. The molecule has 0 aromatic heterocycles. The zero-order valence-corrected chi connectivity index (χ0v) is 12.7. The van der Waals surface area contributed by atoms with E-state index in [1.165, 1.54) is 0 Å². The van der Waals surface area contributed by atoms with Crippen LogP contribution in [0.3, 0.4) is 0 Å². The summed E-state index contributed by atoms with van der Waals surface area (Å²) in [5, 5.41) is 0. The second-order valence-corrected chi connectivity index (χ2v) is 8.89. The molecular weight excluding hydrogens is 240 g/mol. The largest absolute Gasteiger partial charge is 0.543 e. The average molecular weight is 262 g/mol. The first-order valence-electron chi connectivity index (χ1n) is 6.13. The molecule has 0 spiro atoms. The molecule has 0 saturated carbocycles. The molecule has 2 nitrogen and oxygen atoms in total. The topological polar surface area (TPSA) is 18.5 Å². The maximum atomic E-state index is 6.19. The lowest BCUT2D eigenvalue weighted by Gasteiger charge is -2.24. The molecule has 0 saturated heterocycles. The molecule has 0 fully saturated rings. The predicted molar refractivity (Wildman–Crippen MR) is 80.8 cm³/mol. The summed E-state index contributed by atoms with van der Waals surface area (Å²) in [4.78, 5) is 0. The lowest BCUT2D eigenvalue weighted by atomic mass is 10.2. The molecule has 0 heterocycles. The second-order valence-electron chi connectivity index (χ2n) is 4.76. The first kappa shape index (κ1) is 14.6. The van der Waals surface area contributed by atoms with Crippen LogP contribution in [0, 0.1) is 0 Å². The molecule has 0 bridgehead atoms. The standard InChI is InChI=1S/C15H22O2Si/c1-6-8-13-12-14(16-3)9-10-15(13)17-18(4,5)11-7-2/h6-10,12H,2,11H2,1,3-5H3. The van der Waals surface area contributed by atoms with Crippen molar-refractivity contribution in [3.63, 3.8) is 0 Å². The van der Waals surface area contributed by atoms with Gasteiger partial charge in [-0.05, 0) is 44.3 Å². The minimum atomic E-state index is -1.72. The van der Waals surface area contributed by atoms with Crippen molar-refractivity contribution in [2.24, 2.45) is 0 Å². The van der Waals surface area contributed by atoms with Gasteiger partial charge in [0.25, 0.3) is 0 Å². The van der Waals surface area contributed by atoms with E-state index in [4.69, 9.17) is 9.16 Å². The van der Waals surface area contributed by atoms with Crippen molar-refractivity contribution in [2.45, 2.75) is 26.1 Å². The number of ether oxygens (including phenoxy) is 1. The highest BCUT2D eigenvalue weighted by Crippen LogP contribution is 2.28. The molecule has 0 radical (unpaired) electrons. The summed E-state index contributed by atoms with van der Waals surface area (Å²) in [5.41, 5.74) is 1.06. The van der Waals surface area contributed by atoms with Crippen LogP contribution in [0.5, 0.6) is 11.5 Å². The van der Waals surface area contributed by atoms with Gasteiger partial charge < -0.3 is 9.16 Å². The molecule has 0 aliphatic carbocycles. The summed E-state index contributed by atoms with van der Waals surface area (Å²) in [6.45, 7) is 10.2. The van der Waals surface area contributed by atoms with Crippen molar-refractivity contribution in [3.8, 4) is 11.5 Å². The van der Waals surface area contributed by atoms with Gasteiger partial charge in [0.15, 0.2) is 0 Å². The fourth-order valence-electron chi connectivity index (χ4n) is 1.74. The van der Waals surface area contributed by atoms with Gasteiger partial charge >= 0.3 is 0 Å². The first-order chi connectivity index (χ1) is 8.52. The highest BCUT2D eigenvalue weighted by Gasteiger charge is 2.23. The predicted octanol–water partition coefficient (Wildman–Crippen LogP) is 4.50. The van der Waals surface area contributed by atoms with Crippen LogP contribution < -0.4 is 9.16 Å².